The van der Waals surface area contributed by atoms with Crippen LogP contribution in [0.3, 0.4) is 0 Å². The van der Waals surface area contributed by atoms with Gasteiger partial charge in [-0.15, -0.1) is 0 Å². The summed E-state index contributed by atoms with van der Waals surface area (Å²) in [7, 11) is 0. The summed E-state index contributed by atoms with van der Waals surface area (Å²) in [6.45, 7) is 6.33. The van der Waals surface area contributed by atoms with Gasteiger partial charge in [-0.3, -0.25) is 14.4 Å². The van der Waals surface area contributed by atoms with Gasteiger partial charge in [0.25, 0.3) is 0 Å². The molecule has 0 aliphatic rings. The van der Waals surface area contributed by atoms with Crippen LogP contribution in [0.15, 0.2) is 170 Å². The van der Waals surface area contributed by atoms with Gasteiger partial charge in [-0.05, 0) is 154 Å². The van der Waals surface area contributed by atoms with Gasteiger partial charge in [0.05, 0.1) is 0 Å². The van der Waals surface area contributed by atoms with Gasteiger partial charge in [0.2, 0.25) is 0 Å². The average Bonchev–Trinajstić information content (AvgIpc) is 3.49. The molecule has 0 aromatic rings. The topological polar surface area (TPSA) is 78.9 Å². The Morgan fingerprint density at radius 3 is 0.759 bits per heavy atom. The van der Waals surface area contributed by atoms with Gasteiger partial charge >= 0.3 is 17.9 Å². The molecule has 0 N–H and O–H groups in total. The molecule has 83 heavy (non-hydrogen) atoms. The molecule has 6 heteroatoms. The van der Waals surface area contributed by atoms with Crippen molar-refractivity contribution in [3.05, 3.63) is 170 Å². The van der Waals surface area contributed by atoms with Gasteiger partial charge in [-0.1, -0.05) is 274 Å². The van der Waals surface area contributed by atoms with Gasteiger partial charge in [-0.2, -0.15) is 0 Å². The maximum atomic E-state index is 12.9. The van der Waals surface area contributed by atoms with E-state index in [1.807, 2.05) is 0 Å². The minimum atomic E-state index is -0.816. The van der Waals surface area contributed by atoms with Crippen molar-refractivity contribution < 1.29 is 28.6 Å². The van der Waals surface area contributed by atoms with Gasteiger partial charge < -0.3 is 14.2 Å². The van der Waals surface area contributed by atoms with Gasteiger partial charge in [0, 0.05) is 19.3 Å². The van der Waals surface area contributed by atoms with E-state index < -0.39 is 6.10 Å². The second-order valence-electron chi connectivity index (χ2n) is 21.6. The molecule has 0 rings (SSSR count). The number of rotatable bonds is 59. The van der Waals surface area contributed by atoms with E-state index in [4.69, 9.17) is 14.2 Å². The Bertz CT molecular complexity index is 1890. The maximum Gasteiger partial charge on any atom is 0.306 e. The highest BCUT2D eigenvalue weighted by Gasteiger charge is 2.19. The van der Waals surface area contributed by atoms with Gasteiger partial charge in [0.15, 0.2) is 6.10 Å². The molecule has 0 heterocycles. The lowest BCUT2D eigenvalue weighted by Gasteiger charge is -2.18. The first-order valence-corrected chi connectivity index (χ1v) is 33.6. The molecule has 0 aliphatic heterocycles. The van der Waals surface area contributed by atoms with Crippen molar-refractivity contribution in [1.29, 1.82) is 0 Å². The molecule has 0 bridgehead atoms. The van der Waals surface area contributed by atoms with Crippen molar-refractivity contribution in [2.75, 3.05) is 13.2 Å². The Morgan fingerprint density at radius 1 is 0.253 bits per heavy atom. The summed E-state index contributed by atoms with van der Waals surface area (Å²) in [5.41, 5.74) is 0. The standard InChI is InChI=1S/C77H122O6/c1-4-7-10-13-16-19-22-25-28-29-30-31-32-33-34-35-36-37-38-39-40-41-42-43-44-45-46-47-50-52-55-58-61-64-67-70-76(79)82-73-74(83-77(80)71-68-65-62-59-56-53-49-27-24-21-18-15-12-9-6-3)72-81-75(78)69-66-63-60-57-54-51-48-26-23-20-17-14-11-8-5-2/h7,9-10,12,16-21,25-28,30-31,33-34,36-37,39-40,42-43,48-49,56,59,74H,4-6,8,11,13-15,22-24,29,32,35,38,41,44-47,50-55,57-58,60-73H2,1-3H3/b10-7-,12-9-,19-16-,20-17-,21-18-,28-25-,31-30-,34-33-,37-36-,40-39-,43-42-,48-26-,49-27-,59-56-. The highest BCUT2D eigenvalue weighted by atomic mass is 16.6. The van der Waals surface area contributed by atoms with Crippen molar-refractivity contribution in [2.24, 2.45) is 0 Å². The fraction of sp³-hybridized carbons (Fsp3) is 0.597. The number of hydrogen-bond acceptors (Lipinski definition) is 6. The molecule has 1 atom stereocenters. The Hall–Kier alpha value is -5.23. The van der Waals surface area contributed by atoms with Gasteiger partial charge in [-0.25, -0.2) is 0 Å². The Balaban J connectivity index is 4.30. The molecule has 0 saturated carbocycles. The van der Waals surface area contributed by atoms with Crippen LogP contribution in [-0.4, -0.2) is 37.2 Å². The third kappa shape index (κ3) is 67.4. The first kappa shape index (κ1) is 77.8. The smallest absolute Gasteiger partial charge is 0.306 e. The van der Waals surface area contributed by atoms with Crippen LogP contribution >= 0.6 is 0 Å². The fourth-order valence-electron chi connectivity index (χ4n) is 8.71. The van der Waals surface area contributed by atoms with Crippen molar-refractivity contribution in [1.82, 2.24) is 0 Å². The van der Waals surface area contributed by atoms with E-state index in [1.54, 1.807) is 0 Å². The summed E-state index contributed by atoms with van der Waals surface area (Å²) in [4.78, 5) is 38.3. The molecule has 0 saturated heterocycles. The zero-order chi connectivity index (χ0) is 59.9. The predicted octanol–water partition coefficient (Wildman–Crippen LogP) is 23.4. The van der Waals surface area contributed by atoms with E-state index in [0.717, 1.165) is 161 Å². The highest BCUT2D eigenvalue weighted by Crippen LogP contribution is 2.15. The third-order valence-electron chi connectivity index (χ3n) is 13.7. The van der Waals surface area contributed by atoms with E-state index >= 15 is 0 Å². The van der Waals surface area contributed by atoms with E-state index in [1.165, 1.54) is 70.6 Å². The molecule has 0 radical (unpaired) electrons. The summed E-state index contributed by atoms with van der Waals surface area (Å²) in [6, 6.07) is 0. The zero-order valence-corrected chi connectivity index (χ0v) is 53.4. The molecule has 0 spiro atoms. The van der Waals surface area contributed by atoms with Crippen LogP contribution in [0, 0.1) is 0 Å². The Kier molecular flexibility index (Phi) is 64.9. The maximum absolute atomic E-state index is 12.9. The molecule has 0 aliphatic carbocycles. The molecule has 466 valence electrons. The van der Waals surface area contributed by atoms with Crippen LogP contribution in [-0.2, 0) is 28.6 Å². The average molecular weight is 1140 g/mol. The van der Waals surface area contributed by atoms with Crippen LogP contribution in [0.4, 0.5) is 0 Å². The number of allylic oxidation sites excluding steroid dienone is 28. The van der Waals surface area contributed by atoms with E-state index in [0.29, 0.717) is 19.3 Å². The van der Waals surface area contributed by atoms with Crippen molar-refractivity contribution >= 4 is 17.9 Å². The fourth-order valence-corrected chi connectivity index (χ4v) is 8.71. The molecule has 1 unspecified atom stereocenters. The van der Waals surface area contributed by atoms with E-state index in [2.05, 4.69) is 191 Å². The summed E-state index contributed by atoms with van der Waals surface area (Å²) in [6.07, 6.45) is 102. The van der Waals surface area contributed by atoms with Crippen LogP contribution in [0.5, 0.6) is 0 Å². The molecule has 0 fully saturated rings. The lowest BCUT2D eigenvalue weighted by atomic mass is 10.1. The molecule has 0 amide bonds. The Labute approximate surface area is 511 Å². The van der Waals surface area contributed by atoms with E-state index in [-0.39, 0.29) is 37.5 Å². The minimum absolute atomic E-state index is 0.108. The number of carbonyl (C=O) groups excluding carboxylic acids is 3. The summed E-state index contributed by atoms with van der Waals surface area (Å²) >= 11 is 0. The number of unbranched alkanes of at least 4 members (excludes halogenated alkanes) is 20. The first-order valence-electron chi connectivity index (χ1n) is 33.6. The zero-order valence-electron chi connectivity index (χ0n) is 53.4. The van der Waals surface area contributed by atoms with Crippen molar-refractivity contribution in [3.63, 3.8) is 0 Å². The SMILES string of the molecule is CC/C=C\C/C=C\C/C=C\C/C=C\C/C=C\C/C=C\C/C=C\C/C=C\CCCCCCCCCCCCC(=O)OCC(COC(=O)CCCCCCC/C=C\C/C=C\CCCCC)OC(=O)CCCC/C=C\C/C=C\C/C=C\C/C=C\CC. The quantitative estimate of drug-likeness (QED) is 0.0261. The number of ether oxygens (including phenoxy) is 3. The number of carbonyl (C=O) groups is 3. The molecular weight excluding hydrogens is 1020 g/mol. The third-order valence-corrected chi connectivity index (χ3v) is 13.7. The van der Waals surface area contributed by atoms with Crippen molar-refractivity contribution in [3.8, 4) is 0 Å². The minimum Gasteiger partial charge on any atom is -0.462 e. The number of esters is 3. The molecule has 6 nitrogen and oxygen atoms in total. The normalized spacial score (nSPS) is 13.2. The van der Waals surface area contributed by atoms with Crippen LogP contribution in [0.25, 0.3) is 0 Å². The van der Waals surface area contributed by atoms with Crippen molar-refractivity contribution in [2.45, 2.75) is 284 Å². The van der Waals surface area contributed by atoms with Crippen LogP contribution < -0.4 is 0 Å². The second-order valence-corrected chi connectivity index (χ2v) is 21.6. The monoisotopic (exact) mass is 1140 g/mol. The second kappa shape index (κ2) is 69.3. The predicted molar refractivity (Wildman–Crippen MR) is 361 cm³/mol. The summed E-state index contributed by atoms with van der Waals surface area (Å²) in [5.74, 6) is -0.970. The lowest BCUT2D eigenvalue weighted by Crippen LogP contribution is -2.30. The molecule has 0 aromatic carbocycles. The van der Waals surface area contributed by atoms with E-state index in [9.17, 15) is 14.4 Å². The Morgan fingerprint density at radius 2 is 0.470 bits per heavy atom. The highest BCUT2D eigenvalue weighted by molar-refractivity contribution is 5.71. The summed E-state index contributed by atoms with van der Waals surface area (Å²) in [5, 5.41) is 0. The van der Waals surface area contributed by atoms with Crippen LogP contribution in [0.1, 0.15) is 278 Å². The lowest BCUT2D eigenvalue weighted by molar-refractivity contribution is -0.167. The summed E-state index contributed by atoms with van der Waals surface area (Å²) < 4.78 is 16.9. The molecular formula is C77H122O6. The van der Waals surface area contributed by atoms with Gasteiger partial charge in [0.1, 0.15) is 13.2 Å². The first-order chi connectivity index (χ1) is 41.0. The largest absolute Gasteiger partial charge is 0.462 e. The van der Waals surface area contributed by atoms with Crippen LogP contribution in [0.2, 0.25) is 0 Å². The molecule has 0 aromatic heterocycles. The number of hydrogen-bond donors (Lipinski definition) is 0.